The third-order valence-corrected chi connectivity index (χ3v) is 8.05. The van der Waals surface area contributed by atoms with E-state index >= 15 is 0 Å². The highest BCUT2D eigenvalue weighted by Gasteiger charge is 2.25. The van der Waals surface area contributed by atoms with Gasteiger partial charge in [-0.1, -0.05) is 59.1 Å². The van der Waals surface area contributed by atoms with Gasteiger partial charge in [0.05, 0.1) is 21.6 Å². The van der Waals surface area contributed by atoms with Gasteiger partial charge in [0.2, 0.25) is 0 Å². The Bertz CT molecular complexity index is 1220. The molecule has 0 aliphatic heterocycles. The van der Waals surface area contributed by atoms with Crippen LogP contribution < -0.4 is 10.0 Å². The summed E-state index contributed by atoms with van der Waals surface area (Å²) in [6, 6.07) is 12.7. The summed E-state index contributed by atoms with van der Waals surface area (Å²) in [4.78, 5) is 5.23. The summed E-state index contributed by atoms with van der Waals surface area (Å²) in [5.41, 5.74) is 3.41. The smallest absolute Gasteiger partial charge is 0.261 e. The zero-order chi connectivity index (χ0) is 24.3. The van der Waals surface area contributed by atoms with Crippen LogP contribution in [0.5, 0.6) is 0 Å². The van der Waals surface area contributed by atoms with Crippen molar-refractivity contribution in [2.45, 2.75) is 83.2 Å². The Balaban J connectivity index is 1.60. The molecule has 0 saturated heterocycles. The van der Waals surface area contributed by atoms with E-state index in [4.69, 9.17) is 4.98 Å². The first-order chi connectivity index (χ1) is 16.2. The van der Waals surface area contributed by atoms with Gasteiger partial charge >= 0.3 is 0 Å². The maximum Gasteiger partial charge on any atom is 0.261 e. The predicted octanol–water partition coefficient (Wildman–Crippen LogP) is 5.82. The van der Waals surface area contributed by atoms with E-state index in [1.54, 1.807) is 12.1 Å². The van der Waals surface area contributed by atoms with Gasteiger partial charge in [-0.2, -0.15) is 0 Å². The van der Waals surface area contributed by atoms with Gasteiger partial charge in [0, 0.05) is 18.5 Å². The van der Waals surface area contributed by atoms with Crippen LogP contribution in [0.2, 0.25) is 0 Å². The Hall–Kier alpha value is -2.38. The Kier molecular flexibility index (Phi) is 7.33. The molecule has 7 heteroatoms. The van der Waals surface area contributed by atoms with E-state index in [-0.39, 0.29) is 10.3 Å². The minimum Gasteiger partial charge on any atom is -0.327 e. The summed E-state index contributed by atoms with van der Waals surface area (Å²) in [6.07, 6.45) is 6.51. The van der Waals surface area contributed by atoms with Crippen molar-refractivity contribution in [2.75, 3.05) is 11.3 Å². The lowest BCUT2D eigenvalue weighted by Gasteiger charge is -2.26. The number of hydrogen-bond acceptors (Lipinski definition) is 4. The highest BCUT2D eigenvalue weighted by molar-refractivity contribution is 7.92. The van der Waals surface area contributed by atoms with Crippen LogP contribution in [0, 0.1) is 5.92 Å². The molecule has 0 amide bonds. The monoisotopic (exact) mass is 482 g/mol. The van der Waals surface area contributed by atoms with Crippen LogP contribution in [0.4, 0.5) is 5.69 Å². The number of nitrogens with one attached hydrogen (secondary N) is 2. The lowest BCUT2D eigenvalue weighted by Crippen LogP contribution is -2.22. The van der Waals surface area contributed by atoms with Crippen LogP contribution in [-0.2, 0) is 28.5 Å². The molecule has 1 fully saturated rings. The fourth-order valence-corrected chi connectivity index (χ4v) is 5.90. The number of rotatable bonds is 8. The van der Waals surface area contributed by atoms with Crippen molar-refractivity contribution in [3.05, 3.63) is 53.9 Å². The van der Waals surface area contributed by atoms with Crippen molar-refractivity contribution < 1.29 is 8.42 Å². The van der Waals surface area contributed by atoms with Gasteiger partial charge in [0.1, 0.15) is 5.82 Å². The van der Waals surface area contributed by atoms with E-state index in [1.807, 2.05) is 37.3 Å². The molecule has 1 aliphatic carbocycles. The topological polar surface area (TPSA) is 76.0 Å². The SMILES string of the molecule is CCNCc1ccc(S(=O)(=O)Nc2ccc3c(c2)nc(C(C)(C)C)n3CC2CCCCC2)cc1. The van der Waals surface area contributed by atoms with E-state index < -0.39 is 10.0 Å². The van der Waals surface area contributed by atoms with E-state index in [1.165, 1.54) is 32.1 Å². The predicted molar refractivity (Wildman–Crippen MR) is 140 cm³/mol. The van der Waals surface area contributed by atoms with E-state index in [0.29, 0.717) is 11.6 Å². The van der Waals surface area contributed by atoms with E-state index in [0.717, 1.165) is 42.1 Å². The molecule has 3 aromatic rings. The largest absolute Gasteiger partial charge is 0.327 e. The van der Waals surface area contributed by atoms with Crippen molar-refractivity contribution in [1.29, 1.82) is 0 Å². The molecule has 0 bridgehead atoms. The lowest BCUT2D eigenvalue weighted by atomic mass is 9.88. The van der Waals surface area contributed by atoms with Crippen molar-refractivity contribution in [1.82, 2.24) is 14.9 Å². The van der Waals surface area contributed by atoms with Gasteiger partial charge < -0.3 is 9.88 Å². The molecule has 1 saturated carbocycles. The maximum atomic E-state index is 13.0. The second-order valence-corrected chi connectivity index (χ2v) is 12.2. The molecule has 6 nitrogen and oxygen atoms in total. The van der Waals surface area contributed by atoms with Gasteiger partial charge in [-0.15, -0.1) is 0 Å². The fourth-order valence-electron chi connectivity index (χ4n) is 4.85. The van der Waals surface area contributed by atoms with Gasteiger partial charge in [-0.05, 0) is 61.2 Å². The van der Waals surface area contributed by atoms with Crippen LogP contribution in [0.15, 0.2) is 47.4 Å². The lowest BCUT2D eigenvalue weighted by molar-refractivity contribution is 0.313. The molecule has 0 radical (unpaired) electrons. The molecule has 2 aromatic carbocycles. The second-order valence-electron chi connectivity index (χ2n) is 10.5. The maximum absolute atomic E-state index is 13.0. The Morgan fingerprint density at radius 2 is 1.74 bits per heavy atom. The van der Waals surface area contributed by atoms with Crippen molar-refractivity contribution in [3.63, 3.8) is 0 Å². The minimum atomic E-state index is -3.68. The van der Waals surface area contributed by atoms with Crippen LogP contribution in [-0.4, -0.2) is 24.5 Å². The van der Waals surface area contributed by atoms with Crippen LogP contribution in [0.25, 0.3) is 11.0 Å². The third kappa shape index (κ3) is 5.63. The first-order valence-corrected chi connectivity index (χ1v) is 14.0. The third-order valence-electron chi connectivity index (χ3n) is 6.65. The number of benzene rings is 2. The first-order valence-electron chi connectivity index (χ1n) is 12.5. The molecule has 34 heavy (non-hydrogen) atoms. The van der Waals surface area contributed by atoms with Crippen molar-refractivity contribution in [3.8, 4) is 0 Å². The van der Waals surface area contributed by atoms with Gasteiger partial charge in [-0.3, -0.25) is 4.72 Å². The zero-order valence-corrected chi connectivity index (χ0v) is 21.7. The molecule has 1 aliphatic rings. The Morgan fingerprint density at radius 3 is 2.38 bits per heavy atom. The summed E-state index contributed by atoms with van der Waals surface area (Å²) in [5.74, 6) is 1.74. The number of hydrogen-bond donors (Lipinski definition) is 2. The van der Waals surface area contributed by atoms with Crippen LogP contribution >= 0.6 is 0 Å². The average molecular weight is 483 g/mol. The zero-order valence-electron chi connectivity index (χ0n) is 20.9. The fraction of sp³-hybridized carbons (Fsp3) is 0.519. The number of anilines is 1. The number of sulfonamides is 1. The van der Waals surface area contributed by atoms with E-state index in [9.17, 15) is 8.42 Å². The molecule has 2 N–H and O–H groups in total. The standard InChI is InChI=1S/C27H38N4O2S/c1-5-28-18-20-11-14-23(15-12-20)34(32,33)30-22-13-16-25-24(17-22)29-26(27(2,3)4)31(25)19-21-9-7-6-8-10-21/h11-17,21,28,30H,5-10,18-19H2,1-4H3. The quantitative estimate of drug-likeness (QED) is 0.424. The minimum absolute atomic E-state index is 0.0955. The normalized spacial score (nSPS) is 15.6. The molecule has 0 atom stereocenters. The van der Waals surface area contributed by atoms with Crippen molar-refractivity contribution in [2.24, 2.45) is 5.92 Å². The van der Waals surface area contributed by atoms with Crippen molar-refractivity contribution >= 4 is 26.7 Å². The summed E-state index contributed by atoms with van der Waals surface area (Å²) < 4.78 is 31.1. The Morgan fingerprint density at radius 1 is 1.03 bits per heavy atom. The van der Waals surface area contributed by atoms with Gasteiger partial charge in [-0.25, -0.2) is 13.4 Å². The summed E-state index contributed by atoms with van der Waals surface area (Å²) in [5, 5.41) is 3.25. The molecule has 0 spiro atoms. The highest BCUT2D eigenvalue weighted by Crippen LogP contribution is 2.32. The van der Waals surface area contributed by atoms with E-state index in [2.05, 4.69) is 35.4 Å². The number of imidazole rings is 1. The average Bonchev–Trinajstić information content (AvgIpc) is 3.16. The highest BCUT2D eigenvalue weighted by atomic mass is 32.2. The molecule has 184 valence electrons. The summed E-state index contributed by atoms with van der Waals surface area (Å²) >= 11 is 0. The van der Waals surface area contributed by atoms with Crippen LogP contribution in [0.3, 0.4) is 0 Å². The van der Waals surface area contributed by atoms with Gasteiger partial charge in [0.15, 0.2) is 0 Å². The molecule has 1 heterocycles. The first kappa shape index (κ1) is 24.7. The number of fused-ring (bicyclic) bond motifs is 1. The Labute approximate surface area is 204 Å². The number of aromatic nitrogens is 2. The van der Waals surface area contributed by atoms with Crippen LogP contribution in [0.1, 0.15) is 71.2 Å². The molecule has 1 aromatic heterocycles. The number of nitrogens with zero attached hydrogens (tertiary/aromatic N) is 2. The summed E-state index contributed by atoms with van der Waals surface area (Å²) in [6.45, 7) is 11.2. The molecule has 0 unspecified atom stereocenters. The molecular formula is C27H38N4O2S. The molecular weight excluding hydrogens is 444 g/mol. The molecule has 4 rings (SSSR count). The summed E-state index contributed by atoms with van der Waals surface area (Å²) in [7, 11) is -3.68. The second kappa shape index (κ2) is 10.1. The van der Waals surface area contributed by atoms with Gasteiger partial charge in [0.25, 0.3) is 10.0 Å².